The summed E-state index contributed by atoms with van der Waals surface area (Å²) in [6.45, 7) is 5.59. The Hall–Kier alpha value is -1.51. The van der Waals surface area contributed by atoms with Crippen LogP contribution < -0.4 is 10.1 Å². The van der Waals surface area contributed by atoms with Gasteiger partial charge in [-0.05, 0) is 37.1 Å². The van der Waals surface area contributed by atoms with Gasteiger partial charge in [-0.3, -0.25) is 0 Å². The summed E-state index contributed by atoms with van der Waals surface area (Å²) in [7, 11) is 0. The molecule has 2 nitrogen and oxygen atoms in total. The lowest BCUT2D eigenvalue weighted by Crippen LogP contribution is -2.13. The first-order valence-corrected chi connectivity index (χ1v) is 7.22. The molecule has 0 spiro atoms. The normalized spacial score (nSPS) is 10.8. The SMILES string of the molecule is CC(C)Oc1ccc(CNCc2ccccc2)c(Cl)c1. The Bertz CT molecular complexity index is 540. The van der Waals surface area contributed by atoms with Gasteiger partial charge in [0.25, 0.3) is 0 Å². The molecule has 0 saturated heterocycles. The third-order valence-corrected chi connectivity index (χ3v) is 3.24. The first-order valence-electron chi connectivity index (χ1n) is 6.85. The number of nitrogens with one attached hydrogen (secondary N) is 1. The van der Waals surface area contributed by atoms with Crippen molar-refractivity contribution in [3.8, 4) is 5.75 Å². The Labute approximate surface area is 125 Å². The van der Waals surface area contributed by atoms with Crippen LogP contribution >= 0.6 is 11.6 Å². The summed E-state index contributed by atoms with van der Waals surface area (Å²) in [5.41, 5.74) is 2.35. The topological polar surface area (TPSA) is 21.3 Å². The van der Waals surface area contributed by atoms with E-state index in [-0.39, 0.29) is 6.10 Å². The zero-order valence-electron chi connectivity index (χ0n) is 11.9. The van der Waals surface area contributed by atoms with E-state index in [1.165, 1.54) is 5.56 Å². The minimum absolute atomic E-state index is 0.160. The van der Waals surface area contributed by atoms with Crippen molar-refractivity contribution in [2.45, 2.75) is 33.0 Å². The Morgan fingerprint density at radius 3 is 2.45 bits per heavy atom. The summed E-state index contributed by atoms with van der Waals surface area (Å²) in [5.74, 6) is 0.816. The summed E-state index contributed by atoms with van der Waals surface area (Å²) >= 11 is 6.27. The second-order valence-corrected chi connectivity index (χ2v) is 5.42. The molecule has 0 bridgehead atoms. The molecule has 2 rings (SSSR count). The molecule has 0 saturated carbocycles. The summed E-state index contributed by atoms with van der Waals surface area (Å²) in [6.07, 6.45) is 0.160. The maximum atomic E-state index is 6.27. The van der Waals surface area contributed by atoms with E-state index in [1.54, 1.807) is 0 Å². The van der Waals surface area contributed by atoms with Gasteiger partial charge in [-0.15, -0.1) is 0 Å². The second kappa shape index (κ2) is 7.32. The average Bonchev–Trinajstić information content (AvgIpc) is 2.42. The van der Waals surface area contributed by atoms with Gasteiger partial charge in [-0.2, -0.15) is 0 Å². The highest BCUT2D eigenvalue weighted by Crippen LogP contribution is 2.23. The zero-order chi connectivity index (χ0) is 14.4. The van der Waals surface area contributed by atoms with Gasteiger partial charge in [0.2, 0.25) is 0 Å². The van der Waals surface area contributed by atoms with Gasteiger partial charge in [-0.25, -0.2) is 0 Å². The van der Waals surface area contributed by atoms with Gasteiger partial charge in [-0.1, -0.05) is 48.0 Å². The molecule has 0 amide bonds. The molecule has 0 atom stereocenters. The van der Waals surface area contributed by atoms with E-state index in [0.717, 1.165) is 29.4 Å². The van der Waals surface area contributed by atoms with Gasteiger partial charge < -0.3 is 10.1 Å². The smallest absolute Gasteiger partial charge is 0.121 e. The molecule has 3 heteroatoms. The summed E-state index contributed by atoms with van der Waals surface area (Å²) < 4.78 is 5.62. The molecule has 0 aliphatic rings. The van der Waals surface area contributed by atoms with Crippen LogP contribution in [-0.2, 0) is 13.1 Å². The van der Waals surface area contributed by atoms with Crippen molar-refractivity contribution in [2.75, 3.05) is 0 Å². The van der Waals surface area contributed by atoms with Gasteiger partial charge in [0, 0.05) is 18.1 Å². The van der Waals surface area contributed by atoms with Crippen LogP contribution in [0.1, 0.15) is 25.0 Å². The Morgan fingerprint density at radius 2 is 1.80 bits per heavy atom. The van der Waals surface area contributed by atoms with E-state index >= 15 is 0 Å². The highest BCUT2D eigenvalue weighted by atomic mass is 35.5. The minimum Gasteiger partial charge on any atom is -0.491 e. The van der Waals surface area contributed by atoms with Crippen molar-refractivity contribution < 1.29 is 4.74 Å². The number of benzene rings is 2. The number of ether oxygens (including phenoxy) is 1. The molecule has 106 valence electrons. The van der Waals surface area contributed by atoms with Crippen LogP contribution in [0.2, 0.25) is 5.02 Å². The van der Waals surface area contributed by atoms with Crippen LogP contribution in [0.4, 0.5) is 0 Å². The van der Waals surface area contributed by atoms with Crippen LogP contribution in [0.5, 0.6) is 5.75 Å². The van der Waals surface area contributed by atoms with E-state index in [4.69, 9.17) is 16.3 Å². The first kappa shape index (κ1) is 14.9. The summed E-state index contributed by atoms with van der Waals surface area (Å²) in [6, 6.07) is 16.2. The van der Waals surface area contributed by atoms with E-state index in [1.807, 2.05) is 50.2 Å². The van der Waals surface area contributed by atoms with E-state index in [2.05, 4.69) is 17.4 Å². The Morgan fingerprint density at radius 1 is 1.05 bits per heavy atom. The maximum absolute atomic E-state index is 6.27. The first-order chi connectivity index (χ1) is 9.65. The van der Waals surface area contributed by atoms with Crippen molar-refractivity contribution in [1.82, 2.24) is 5.32 Å². The predicted molar refractivity (Wildman–Crippen MR) is 84.2 cm³/mol. The fourth-order valence-electron chi connectivity index (χ4n) is 1.95. The average molecular weight is 290 g/mol. The fourth-order valence-corrected chi connectivity index (χ4v) is 2.19. The number of rotatable bonds is 6. The lowest BCUT2D eigenvalue weighted by molar-refractivity contribution is 0.242. The Kier molecular flexibility index (Phi) is 5.45. The monoisotopic (exact) mass is 289 g/mol. The molecule has 0 heterocycles. The molecule has 1 N–H and O–H groups in total. The van der Waals surface area contributed by atoms with Crippen LogP contribution in [0.3, 0.4) is 0 Å². The van der Waals surface area contributed by atoms with Gasteiger partial charge in [0.15, 0.2) is 0 Å². The van der Waals surface area contributed by atoms with E-state index in [0.29, 0.717) is 0 Å². The van der Waals surface area contributed by atoms with Crippen LogP contribution in [0.25, 0.3) is 0 Å². The third kappa shape index (κ3) is 4.55. The van der Waals surface area contributed by atoms with Gasteiger partial charge in [0.05, 0.1) is 6.10 Å². The quantitative estimate of drug-likeness (QED) is 0.850. The summed E-state index contributed by atoms with van der Waals surface area (Å²) in [5, 5.41) is 4.13. The molecule has 0 unspecified atom stereocenters. The van der Waals surface area contributed by atoms with Crippen molar-refractivity contribution >= 4 is 11.6 Å². The predicted octanol–water partition coefficient (Wildman–Crippen LogP) is 4.42. The van der Waals surface area contributed by atoms with Gasteiger partial charge >= 0.3 is 0 Å². The number of hydrogen-bond donors (Lipinski definition) is 1. The second-order valence-electron chi connectivity index (χ2n) is 5.01. The van der Waals surface area contributed by atoms with Gasteiger partial charge in [0.1, 0.15) is 5.75 Å². The number of halogens is 1. The standard InChI is InChI=1S/C17H20ClNO/c1-13(2)20-16-9-8-15(17(18)10-16)12-19-11-14-6-4-3-5-7-14/h3-10,13,19H,11-12H2,1-2H3. The molecule has 0 fully saturated rings. The highest BCUT2D eigenvalue weighted by molar-refractivity contribution is 6.31. The molecular formula is C17H20ClNO. The largest absolute Gasteiger partial charge is 0.491 e. The van der Waals surface area contributed by atoms with Crippen molar-refractivity contribution in [3.63, 3.8) is 0 Å². The Balaban J connectivity index is 1.90. The molecule has 0 aromatic heterocycles. The molecular weight excluding hydrogens is 270 g/mol. The van der Waals surface area contributed by atoms with Crippen LogP contribution in [-0.4, -0.2) is 6.10 Å². The van der Waals surface area contributed by atoms with Crippen LogP contribution in [0.15, 0.2) is 48.5 Å². The molecule has 2 aromatic carbocycles. The lowest BCUT2D eigenvalue weighted by atomic mass is 10.2. The maximum Gasteiger partial charge on any atom is 0.121 e. The molecule has 0 radical (unpaired) electrons. The van der Waals surface area contributed by atoms with E-state index in [9.17, 15) is 0 Å². The lowest BCUT2D eigenvalue weighted by Gasteiger charge is -2.12. The molecule has 2 aromatic rings. The van der Waals surface area contributed by atoms with Crippen molar-refractivity contribution in [2.24, 2.45) is 0 Å². The fraction of sp³-hybridized carbons (Fsp3) is 0.294. The zero-order valence-corrected chi connectivity index (χ0v) is 12.7. The van der Waals surface area contributed by atoms with Crippen molar-refractivity contribution in [1.29, 1.82) is 0 Å². The minimum atomic E-state index is 0.160. The molecule has 0 aliphatic heterocycles. The van der Waals surface area contributed by atoms with E-state index < -0.39 is 0 Å². The van der Waals surface area contributed by atoms with Crippen LogP contribution in [0, 0.1) is 0 Å². The highest BCUT2D eigenvalue weighted by Gasteiger charge is 2.04. The number of hydrogen-bond acceptors (Lipinski definition) is 2. The molecule has 0 aliphatic carbocycles. The third-order valence-electron chi connectivity index (χ3n) is 2.88. The molecule has 20 heavy (non-hydrogen) atoms. The summed E-state index contributed by atoms with van der Waals surface area (Å²) in [4.78, 5) is 0. The van der Waals surface area contributed by atoms with Crippen molar-refractivity contribution in [3.05, 3.63) is 64.7 Å².